The van der Waals surface area contributed by atoms with Gasteiger partial charge in [0.05, 0.1) is 21.6 Å². The minimum absolute atomic E-state index is 0.251. The van der Waals surface area contributed by atoms with Gasteiger partial charge in [-0.15, -0.1) is 0 Å². The highest BCUT2D eigenvalue weighted by Crippen LogP contribution is 2.33. The molecule has 2 aromatic carbocycles. The zero-order chi connectivity index (χ0) is 38.7. The van der Waals surface area contributed by atoms with Crippen molar-refractivity contribution in [3.63, 3.8) is 0 Å². The normalized spacial score (nSPS) is 25.0. The van der Waals surface area contributed by atoms with Crippen molar-refractivity contribution in [1.82, 2.24) is 19.4 Å². The van der Waals surface area contributed by atoms with Crippen LogP contribution in [0, 0.1) is 0 Å². The van der Waals surface area contributed by atoms with Crippen LogP contribution >= 0.6 is 11.3 Å². The molecule has 6 rings (SSSR count). The Balaban J connectivity index is 1.09. The van der Waals surface area contributed by atoms with Gasteiger partial charge in [0.25, 0.3) is 0 Å². The molecule has 2 N–H and O–H groups in total. The third-order valence-electron chi connectivity index (χ3n) is 6.58. The van der Waals surface area contributed by atoms with Crippen LogP contribution in [0.5, 0.6) is 5.75 Å². The summed E-state index contributed by atoms with van der Waals surface area (Å²) >= 11 is 1.33. The minimum atomic E-state index is -3.55. The molecular weight excluding hydrogens is 604 g/mol. The van der Waals surface area contributed by atoms with Crippen LogP contribution in [0.25, 0.3) is 26.4 Å². The topological polar surface area (TPSA) is 106 Å². The number of imidazole rings is 1. The summed E-state index contributed by atoms with van der Waals surface area (Å²) in [6, 6.07) is 11.4. The Bertz CT molecular complexity index is 2060. The van der Waals surface area contributed by atoms with Gasteiger partial charge in [0, 0.05) is 47.8 Å². The molecule has 15 heteroatoms. The van der Waals surface area contributed by atoms with Crippen LogP contribution in [0.4, 0.5) is 33.9 Å². The fraction of sp³-hybridized carbons (Fsp3) is 0.345. The van der Waals surface area contributed by atoms with E-state index in [0.717, 1.165) is 16.3 Å². The van der Waals surface area contributed by atoms with Crippen molar-refractivity contribution < 1.29 is 48.7 Å². The van der Waals surface area contributed by atoms with E-state index in [-0.39, 0.29) is 6.61 Å². The highest BCUT2D eigenvalue weighted by molar-refractivity contribution is 7.23. The van der Waals surface area contributed by atoms with Crippen molar-refractivity contribution >= 4 is 44.1 Å². The smallest absolute Gasteiger partial charge is 0.326 e. The van der Waals surface area contributed by atoms with E-state index in [1.54, 1.807) is 48.7 Å². The molecule has 0 aliphatic carbocycles. The molecule has 44 heavy (non-hydrogen) atoms. The Hall–Kier alpha value is -4.21. The first-order chi connectivity index (χ1) is 24.7. The number of amides is 2. The minimum Gasteiger partial charge on any atom is -0.492 e. The highest BCUT2D eigenvalue weighted by Gasteiger charge is 2.45. The van der Waals surface area contributed by atoms with E-state index in [0.29, 0.717) is 32.6 Å². The predicted molar refractivity (Wildman–Crippen MR) is 157 cm³/mol. The van der Waals surface area contributed by atoms with E-state index in [4.69, 9.17) is 21.6 Å². The quantitative estimate of drug-likeness (QED) is 0.145. The number of hydrogen-bond acceptors (Lipinski definition) is 8. The highest BCUT2D eigenvalue weighted by atomic mass is 32.1. The van der Waals surface area contributed by atoms with E-state index in [9.17, 15) is 22.4 Å². The zero-order valence-electron chi connectivity index (χ0n) is 31.3. The zero-order valence-corrected chi connectivity index (χ0v) is 23.1. The molecule has 1 aliphatic rings. The number of hydrogen-bond donors (Lipinski definition) is 2. The first-order valence-corrected chi connectivity index (χ1v) is 13.7. The number of nitrogens with zero attached hydrogens (tertiary/aromatic N) is 4. The summed E-state index contributed by atoms with van der Waals surface area (Å²) in [5.41, 5.74) is -1.94. The van der Waals surface area contributed by atoms with E-state index in [2.05, 4.69) is 25.5 Å². The maximum atomic E-state index is 14.0. The number of morpholine rings is 1. The number of aromatic nitrogens is 3. The number of alkyl halides is 4. The van der Waals surface area contributed by atoms with Crippen LogP contribution in [-0.2, 0) is 10.2 Å². The fourth-order valence-electron chi connectivity index (χ4n) is 4.43. The standard InChI is InChI=1S/C29H28F4N6O4S/c1-29(2,3)21-13-22(43-37-21)36-27(40)34-16-6-4-15(5-7-16)18-14-39-19-9-8-17(12-20(19)44-28(39)35-18)41-11-10-38-23(30)25(32)42-26(33)24(38)31/h4-9,12-14,23-26H,10-11H2,1-3H3,(H2,34,36,40)/i1D3,2D3,3D3. The summed E-state index contributed by atoms with van der Waals surface area (Å²) in [6.45, 7) is -11.3. The van der Waals surface area contributed by atoms with Gasteiger partial charge in [-0.25, -0.2) is 32.2 Å². The summed E-state index contributed by atoms with van der Waals surface area (Å²) in [6.07, 6.45) is -8.41. The lowest BCUT2D eigenvalue weighted by Crippen LogP contribution is -2.56. The van der Waals surface area contributed by atoms with E-state index < -0.39 is 75.4 Å². The number of fused-ring (bicyclic) bond motifs is 3. The number of rotatable bonds is 7. The third-order valence-corrected chi connectivity index (χ3v) is 7.60. The SMILES string of the molecule is [2H]C([2H])([2H])C(c1cc(NC(=O)Nc2ccc(-c3cn4c(n3)sc3cc(OCCN5C(F)C(F)OC(F)C5F)ccc34)cc2)on1)(C([2H])([2H])[2H])C([2H])([2H])[2H]. The number of benzene rings is 2. The van der Waals surface area contributed by atoms with Gasteiger partial charge < -0.3 is 19.3 Å². The average Bonchev–Trinajstić information content (AvgIpc) is 3.75. The lowest BCUT2D eigenvalue weighted by atomic mass is 9.92. The van der Waals surface area contributed by atoms with E-state index in [1.807, 2.05) is 4.40 Å². The Morgan fingerprint density at radius 1 is 1.07 bits per heavy atom. The second kappa shape index (κ2) is 11.7. The summed E-state index contributed by atoms with van der Waals surface area (Å²) in [5.74, 6) is -0.133. The second-order valence-corrected chi connectivity index (χ2v) is 10.7. The molecule has 1 fully saturated rings. The molecule has 4 heterocycles. The molecule has 3 aromatic heterocycles. The summed E-state index contributed by atoms with van der Waals surface area (Å²) < 4.78 is 142. The van der Waals surface area contributed by atoms with E-state index in [1.165, 1.54) is 11.3 Å². The first-order valence-electron chi connectivity index (χ1n) is 17.4. The second-order valence-electron chi connectivity index (χ2n) is 9.66. The molecule has 4 unspecified atom stereocenters. The van der Waals surface area contributed by atoms with Crippen LogP contribution < -0.4 is 15.4 Å². The summed E-state index contributed by atoms with van der Waals surface area (Å²) in [4.78, 5) is 18.3. The monoisotopic (exact) mass is 641 g/mol. The molecular formula is C29H28F4N6O4S. The fourth-order valence-corrected chi connectivity index (χ4v) is 5.46. The van der Waals surface area contributed by atoms with Crippen LogP contribution in [-0.4, -0.2) is 63.9 Å². The van der Waals surface area contributed by atoms with Gasteiger partial charge in [-0.05, 0) is 30.3 Å². The average molecular weight is 642 g/mol. The maximum Gasteiger partial charge on any atom is 0.326 e. The van der Waals surface area contributed by atoms with Gasteiger partial charge in [0.15, 0.2) is 4.96 Å². The van der Waals surface area contributed by atoms with Crippen molar-refractivity contribution in [2.75, 3.05) is 23.8 Å². The van der Waals surface area contributed by atoms with Crippen LogP contribution in [0.15, 0.2) is 59.3 Å². The Kier molecular flexibility index (Phi) is 5.51. The third kappa shape index (κ3) is 6.07. The Morgan fingerprint density at radius 3 is 2.55 bits per heavy atom. The number of ether oxygens (including phenoxy) is 2. The van der Waals surface area contributed by atoms with Gasteiger partial charge in [0.1, 0.15) is 12.4 Å². The number of halogens is 4. The Morgan fingerprint density at radius 2 is 1.82 bits per heavy atom. The maximum absolute atomic E-state index is 14.0. The van der Waals surface area contributed by atoms with Gasteiger partial charge >= 0.3 is 6.03 Å². The van der Waals surface area contributed by atoms with Crippen molar-refractivity contribution in [3.8, 4) is 17.0 Å². The van der Waals surface area contributed by atoms with E-state index >= 15 is 0 Å². The van der Waals surface area contributed by atoms with Crippen molar-refractivity contribution in [1.29, 1.82) is 0 Å². The number of thiazole rings is 1. The summed E-state index contributed by atoms with van der Waals surface area (Å²) in [5, 5.41) is 8.15. The molecule has 0 bridgehead atoms. The molecule has 232 valence electrons. The van der Waals surface area contributed by atoms with Crippen LogP contribution in [0.3, 0.4) is 0 Å². The molecule has 0 radical (unpaired) electrons. The molecule has 4 atom stereocenters. The number of anilines is 2. The first kappa shape index (κ1) is 20.7. The number of carbonyl (C=O) groups excluding carboxylic acids is 1. The number of carbonyl (C=O) groups is 1. The van der Waals surface area contributed by atoms with Gasteiger partial charge in [0.2, 0.25) is 31.2 Å². The molecule has 1 aliphatic heterocycles. The van der Waals surface area contributed by atoms with Gasteiger partial charge in [-0.1, -0.05) is 49.2 Å². The Labute approximate surface area is 265 Å². The van der Waals surface area contributed by atoms with Crippen LogP contribution in [0.1, 0.15) is 38.6 Å². The van der Waals surface area contributed by atoms with Crippen molar-refractivity contribution in [2.24, 2.45) is 0 Å². The van der Waals surface area contributed by atoms with Crippen LogP contribution in [0.2, 0.25) is 0 Å². The van der Waals surface area contributed by atoms with Gasteiger partial charge in [-0.3, -0.25) is 9.72 Å². The van der Waals surface area contributed by atoms with Gasteiger partial charge in [-0.2, -0.15) is 0 Å². The number of urea groups is 1. The largest absolute Gasteiger partial charge is 0.492 e. The number of nitrogens with one attached hydrogen (secondary N) is 2. The lowest BCUT2D eigenvalue weighted by Gasteiger charge is -2.36. The molecule has 2 amide bonds. The lowest BCUT2D eigenvalue weighted by molar-refractivity contribution is -0.292. The summed E-state index contributed by atoms with van der Waals surface area (Å²) in [7, 11) is 0. The van der Waals surface area contributed by atoms with Crippen molar-refractivity contribution in [2.45, 2.75) is 51.3 Å². The predicted octanol–water partition coefficient (Wildman–Crippen LogP) is 7.04. The molecule has 1 saturated heterocycles. The molecule has 0 spiro atoms. The molecule has 5 aromatic rings. The van der Waals surface area contributed by atoms with Crippen molar-refractivity contribution in [3.05, 3.63) is 60.4 Å². The molecule has 10 nitrogen and oxygen atoms in total. The molecule has 0 saturated carbocycles.